The molecule has 0 aliphatic carbocycles. The van der Waals surface area contributed by atoms with Crippen molar-refractivity contribution < 1.29 is 19.1 Å². The van der Waals surface area contributed by atoms with Gasteiger partial charge in [-0.1, -0.05) is 42.5 Å². The lowest BCUT2D eigenvalue weighted by Gasteiger charge is -2.39. The molecule has 1 fully saturated rings. The van der Waals surface area contributed by atoms with Crippen molar-refractivity contribution in [3.05, 3.63) is 65.7 Å². The molecular formula is C21H22N2O4. The molecule has 0 aromatic heterocycles. The Kier molecular flexibility index (Phi) is 5.86. The summed E-state index contributed by atoms with van der Waals surface area (Å²) in [5.41, 5.74) is 1.83. The van der Waals surface area contributed by atoms with Gasteiger partial charge >= 0.3 is 0 Å². The van der Waals surface area contributed by atoms with Gasteiger partial charge in [0.1, 0.15) is 24.6 Å². The zero-order valence-corrected chi connectivity index (χ0v) is 15.2. The molecule has 0 saturated carbocycles. The molecule has 0 radical (unpaired) electrons. The third-order valence-corrected chi connectivity index (χ3v) is 4.67. The second-order valence-corrected chi connectivity index (χ2v) is 6.47. The molecule has 3 rings (SSSR count). The van der Waals surface area contributed by atoms with Gasteiger partial charge < -0.3 is 19.3 Å². The molecule has 0 unspecified atom stereocenters. The zero-order valence-electron chi connectivity index (χ0n) is 15.2. The second-order valence-electron chi connectivity index (χ2n) is 6.47. The van der Waals surface area contributed by atoms with Crippen molar-refractivity contribution in [2.24, 2.45) is 0 Å². The van der Waals surface area contributed by atoms with Crippen LogP contribution in [0.2, 0.25) is 0 Å². The fraction of sp³-hybridized carbons (Fsp3) is 0.286. The molecule has 1 atom stereocenters. The van der Waals surface area contributed by atoms with Crippen LogP contribution in [0.25, 0.3) is 0 Å². The highest BCUT2D eigenvalue weighted by Gasteiger charge is 2.38. The Morgan fingerprint density at radius 1 is 1.00 bits per heavy atom. The lowest BCUT2D eigenvalue weighted by atomic mass is 10.0. The summed E-state index contributed by atoms with van der Waals surface area (Å²) < 4.78 is 5.14. The van der Waals surface area contributed by atoms with E-state index in [4.69, 9.17) is 4.74 Å². The lowest BCUT2D eigenvalue weighted by molar-refractivity contribution is -0.157. The van der Waals surface area contributed by atoms with E-state index in [0.29, 0.717) is 12.8 Å². The van der Waals surface area contributed by atoms with Gasteiger partial charge in [0.2, 0.25) is 11.8 Å². The van der Waals surface area contributed by atoms with Crippen LogP contribution in [-0.4, -0.2) is 47.6 Å². The van der Waals surface area contributed by atoms with Crippen molar-refractivity contribution in [2.45, 2.75) is 25.6 Å². The van der Waals surface area contributed by atoms with E-state index in [-0.39, 0.29) is 31.3 Å². The number of hydrogen-bond acceptors (Lipinski definition) is 4. The number of carbonyl (C=O) groups is 3. The number of rotatable bonds is 7. The highest BCUT2D eigenvalue weighted by atomic mass is 16.5. The zero-order chi connectivity index (χ0) is 19.2. The van der Waals surface area contributed by atoms with E-state index in [9.17, 15) is 14.4 Å². The number of methoxy groups -OCH3 is 1. The summed E-state index contributed by atoms with van der Waals surface area (Å²) in [6, 6.07) is 16.1. The Morgan fingerprint density at radius 2 is 1.67 bits per heavy atom. The molecule has 2 aromatic carbocycles. The van der Waals surface area contributed by atoms with Crippen LogP contribution < -0.4 is 4.74 Å². The van der Waals surface area contributed by atoms with E-state index in [0.717, 1.165) is 16.9 Å². The Labute approximate surface area is 158 Å². The van der Waals surface area contributed by atoms with E-state index in [1.807, 2.05) is 54.6 Å². The quantitative estimate of drug-likeness (QED) is 0.703. The first-order valence-corrected chi connectivity index (χ1v) is 8.81. The topological polar surface area (TPSA) is 66.9 Å². The third-order valence-electron chi connectivity index (χ3n) is 4.67. The Hall–Kier alpha value is -3.15. The molecular weight excluding hydrogens is 344 g/mol. The van der Waals surface area contributed by atoms with Crippen molar-refractivity contribution in [3.63, 3.8) is 0 Å². The van der Waals surface area contributed by atoms with Crippen molar-refractivity contribution in [1.82, 2.24) is 9.80 Å². The number of piperazine rings is 1. The van der Waals surface area contributed by atoms with E-state index in [2.05, 4.69) is 0 Å². The highest BCUT2D eigenvalue weighted by Crippen LogP contribution is 2.21. The van der Waals surface area contributed by atoms with Crippen LogP contribution in [0.15, 0.2) is 54.6 Å². The molecule has 0 N–H and O–H groups in total. The average Bonchev–Trinajstić information content (AvgIpc) is 2.70. The molecule has 1 heterocycles. The molecule has 6 heteroatoms. The van der Waals surface area contributed by atoms with Crippen LogP contribution in [0, 0.1) is 0 Å². The van der Waals surface area contributed by atoms with Crippen LogP contribution in [0.5, 0.6) is 5.75 Å². The van der Waals surface area contributed by atoms with E-state index in [1.165, 1.54) is 9.80 Å². The normalized spacial score (nSPS) is 17.1. The van der Waals surface area contributed by atoms with Gasteiger partial charge in [-0.15, -0.1) is 0 Å². The molecule has 1 aliphatic rings. The second kappa shape index (κ2) is 8.49. The standard InChI is InChI=1S/C21H22N2O4/c1-27-18-9-7-17(8-10-18)14-23-19(11-12-24)21(26)22(15-20(23)25)13-16-5-3-2-4-6-16/h2-10,12,19H,11,13-15H2,1H3/t19-/m0/s1. The number of carbonyl (C=O) groups excluding carboxylic acids is 3. The Morgan fingerprint density at radius 3 is 2.30 bits per heavy atom. The number of aldehydes is 1. The van der Waals surface area contributed by atoms with Gasteiger partial charge in [-0.3, -0.25) is 9.59 Å². The molecule has 0 bridgehead atoms. The maximum atomic E-state index is 12.9. The summed E-state index contributed by atoms with van der Waals surface area (Å²) in [4.78, 5) is 39.8. The smallest absolute Gasteiger partial charge is 0.246 e. The summed E-state index contributed by atoms with van der Waals surface area (Å²) in [6.45, 7) is 0.655. The number of nitrogens with zero attached hydrogens (tertiary/aromatic N) is 2. The van der Waals surface area contributed by atoms with Crippen molar-refractivity contribution in [3.8, 4) is 5.75 Å². The van der Waals surface area contributed by atoms with Gasteiger partial charge in [-0.05, 0) is 23.3 Å². The largest absolute Gasteiger partial charge is 0.497 e. The predicted molar refractivity (Wildman–Crippen MR) is 99.9 cm³/mol. The number of hydrogen-bond donors (Lipinski definition) is 0. The third kappa shape index (κ3) is 4.34. The van der Waals surface area contributed by atoms with E-state index < -0.39 is 6.04 Å². The van der Waals surface area contributed by atoms with Gasteiger partial charge in [0, 0.05) is 19.5 Å². The first kappa shape index (κ1) is 18.6. The molecule has 0 spiro atoms. The number of benzene rings is 2. The first-order chi connectivity index (χ1) is 13.1. The molecule has 2 amide bonds. The maximum absolute atomic E-state index is 12.9. The maximum Gasteiger partial charge on any atom is 0.246 e. The fourth-order valence-corrected chi connectivity index (χ4v) is 3.23. The van der Waals surface area contributed by atoms with Gasteiger partial charge in [-0.25, -0.2) is 0 Å². The van der Waals surface area contributed by atoms with E-state index >= 15 is 0 Å². The summed E-state index contributed by atoms with van der Waals surface area (Å²) >= 11 is 0. The monoisotopic (exact) mass is 366 g/mol. The molecule has 2 aromatic rings. The highest BCUT2D eigenvalue weighted by molar-refractivity contribution is 5.96. The van der Waals surface area contributed by atoms with Crippen LogP contribution >= 0.6 is 0 Å². The molecule has 1 saturated heterocycles. The SMILES string of the molecule is COc1ccc(CN2C(=O)CN(Cc3ccccc3)C(=O)[C@@H]2CC=O)cc1. The average molecular weight is 366 g/mol. The van der Waals surface area contributed by atoms with Crippen LogP contribution in [-0.2, 0) is 27.5 Å². The van der Waals surface area contributed by atoms with Gasteiger partial charge in [0.05, 0.1) is 7.11 Å². The van der Waals surface area contributed by atoms with Gasteiger partial charge in [-0.2, -0.15) is 0 Å². The summed E-state index contributed by atoms with van der Waals surface area (Å²) in [7, 11) is 1.59. The number of ether oxygens (including phenoxy) is 1. The minimum atomic E-state index is -0.769. The van der Waals surface area contributed by atoms with Gasteiger partial charge in [0.25, 0.3) is 0 Å². The molecule has 140 valence electrons. The fourth-order valence-electron chi connectivity index (χ4n) is 3.23. The molecule has 1 aliphatic heterocycles. The van der Waals surface area contributed by atoms with Crippen molar-refractivity contribution in [2.75, 3.05) is 13.7 Å². The first-order valence-electron chi connectivity index (χ1n) is 8.81. The van der Waals surface area contributed by atoms with Crippen LogP contribution in [0.3, 0.4) is 0 Å². The van der Waals surface area contributed by atoms with Crippen molar-refractivity contribution >= 4 is 18.1 Å². The summed E-state index contributed by atoms with van der Waals surface area (Å²) in [5, 5.41) is 0. The van der Waals surface area contributed by atoms with E-state index in [1.54, 1.807) is 7.11 Å². The minimum absolute atomic E-state index is 0.00792. The van der Waals surface area contributed by atoms with Crippen molar-refractivity contribution in [1.29, 1.82) is 0 Å². The summed E-state index contributed by atoms with van der Waals surface area (Å²) in [6.07, 6.45) is 0.689. The Bertz CT molecular complexity index is 805. The van der Waals surface area contributed by atoms with Crippen LogP contribution in [0.1, 0.15) is 17.5 Å². The van der Waals surface area contributed by atoms with Gasteiger partial charge in [0.15, 0.2) is 0 Å². The minimum Gasteiger partial charge on any atom is -0.497 e. The van der Waals surface area contributed by atoms with Crippen LogP contribution in [0.4, 0.5) is 0 Å². The Balaban J connectivity index is 1.77. The molecule has 6 nitrogen and oxygen atoms in total. The predicted octanol–water partition coefficient (Wildman–Crippen LogP) is 2.02. The number of amides is 2. The molecule has 27 heavy (non-hydrogen) atoms. The lowest BCUT2D eigenvalue weighted by Crippen LogP contribution is -2.59. The summed E-state index contributed by atoms with van der Waals surface area (Å²) in [5.74, 6) is 0.366.